The van der Waals surface area contributed by atoms with Crippen LogP contribution in [0.1, 0.15) is 19.4 Å². The van der Waals surface area contributed by atoms with E-state index in [0.717, 1.165) is 11.1 Å². The molecule has 2 rings (SSSR count). The lowest BCUT2D eigenvalue weighted by molar-refractivity contribution is -0.141. The second kappa shape index (κ2) is 10.8. The monoisotopic (exact) mass is 382 g/mol. The van der Waals surface area contributed by atoms with Gasteiger partial charge in [0.15, 0.2) is 0 Å². The van der Waals surface area contributed by atoms with Crippen LogP contribution in [0.2, 0.25) is 0 Å². The largest absolute Gasteiger partial charge is 0.497 e. The molecule has 0 saturated heterocycles. The van der Waals surface area contributed by atoms with E-state index in [2.05, 4.69) is 5.32 Å². The van der Waals surface area contributed by atoms with Crippen molar-refractivity contribution < 1.29 is 19.1 Å². The van der Waals surface area contributed by atoms with Gasteiger partial charge < -0.3 is 14.8 Å². The number of methoxy groups -OCH3 is 1. The summed E-state index contributed by atoms with van der Waals surface area (Å²) in [6, 6.07) is 16.7. The molecule has 1 N–H and O–H groups in total. The summed E-state index contributed by atoms with van der Waals surface area (Å²) in [5.74, 6) is 0.231. The highest BCUT2D eigenvalue weighted by molar-refractivity contribution is 5.94. The standard InChI is InChI=1S/C22H26N2O4/c1-4-28-21(25)15-23-22(26)24(19-10-12-20(27-3)13-11-19)16-17(2)14-18-8-6-5-7-9-18/h5-14H,4,15-16H2,1-3H3,(H,23,26)/b17-14+. The van der Waals surface area contributed by atoms with Crippen molar-refractivity contribution in [3.05, 3.63) is 65.7 Å². The van der Waals surface area contributed by atoms with Crippen molar-refractivity contribution in [2.45, 2.75) is 13.8 Å². The van der Waals surface area contributed by atoms with Crippen molar-refractivity contribution in [3.8, 4) is 5.75 Å². The molecule has 0 fully saturated rings. The van der Waals surface area contributed by atoms with Gasteiger partial charge in [0.1, 0.15) is 12.3 Å². The SMILES string of the molecule is CCOC(=O)CNC(=O)N(C/C(C)=C/c1ccccc1)c1ccc(OC)cc1. The van der Waals surface area contributed by atoms with Crippen LogP contribution in [0.5, 0.6) is 5.75 Å². The summed E-state index contributed by atoms with van der Waals surface area (Å²) >= 11 is 0. The first kappa shape index (κ1) is 21.0. The smallest absolute Gasteiger partial charge is 0.325 e. The lowest BCUT2D eigenvalue weighted by atomic mass is 10.1. The molecule has 6 heteroatoms. The summed E-state index contributed by atoms with van der Waals surface area (Å²) in [5, 5.41) is 2.62. The Morgan fingerprint density at radius 1 is 1.07 bits per heavy atom. The number of hydrogen-bond donors (Lipinski definition) is 1. The van der Waals surface area contributed by atoms with Crippen molar-refractivity contribution in [1.82, 2.24) is 5.32 Å². The van der Waals surface area contributed by atoms with Gasteiger partial charge in [0.2, 0.25) is 0 Å². The van der Waals surface area contributed by atoms with E-state index >= 15 is 0 Å². The quantitative estimate of drug-likeness (QED) is 0.704. The zero-order valence-corrected chi connectivity index (χ0v) is 16.5. The van der Waals surface area contributed by atoms with Gasteiger partial charge in [-0.2, -0.15) is 0 Å². The lowest BCUT2D eigenvalue weighted by Gasteiger charge is -2.24. The summed E-state index contributed by atoms with van der Waals surface area (Å²) in [7, 11) is 1.59. The van der Waals surface area contributed by atoms with Crippen molar-refractivity contribution in [2.75, 3.05) is 31.7 Å². The molecule has 0 unspecified atom stereocenters. The van der Waals surface area contributed by atoms with E-state index < -0.39 is 5.97 Å². The molecular weight excluding hydrogens is 356 g/mol. The molecule has 2 aromatic rings. The molecule has 0 radical (unpaired) electrons. The van der Waals surface area contributed by atoms with Gasteiger partial charge in [0, 0.05) is 12.2 Å². The number of nitrogens with zero attached hydrogens (tertiary/aromatic N) is 1. The summed E-state index contributed by atoms with van der Waals surface area (Å²) < 4.78 is 10.1. The second-order valence-corrected chi connectivity index (χ2v) is 6.15. The summed E-state index contributed by atoms with van der Waals surface area (Å²) in [6.07, 6.45) is 2.02. The van der Waals surface area contributed by atoms with Gasteiger partial charge in [-0.25, -0.2) is 4.79 Å². The third-order valence-electron chi connectivity index (χ3n) is 3.94. The molecule has 0 aliphatic rings. The summed E-state index contributed by atoms with van der Waals surface area (Å²) in [5.41, 5.74) is 2.75. The third kappa shape index (κ3) is 6.46. The van der Waals surface area contributed by atoms with Gasteiger partial charge in [-0.1, -0.05) is 42.0 Å². The average Bonchev–Trinajstić information content (AvgIpc) is 2.71. The number of carbonyl (C=O) groups is 2. The maximum atomic E-state index is 12.7. The van der Waals surface area contributed by atoms with E-state index in [1.807, 2.05) is 43.3 Å². The lowest BCUT2D eigenvalue weighted by Crippen LogP contribution is -2.43. The molecule has 0 aromatic heterocycles. The average molecular weight is 382 g/mol. The molecular formula is C22H26N2O4. The van der Waals surface area contributed by atoms with Crippen LogP contribution in [0.3, 0.4) is 0 Å². The van der Waals surface area contributed by atoms with Gasteiger partial charge in [-0.3, -0.25) is 9.69 Å². The molecule has 2 aromatic carbocycles. The molecule has 6 nitrogen and oxygen atoms in total. The van der Waals surface area contributed by atoms with Gasteiger partial charge in [0.25, 0.3) is 0 Å². The molecule has 0 spiro atoms. The minimum atomic E-state index is -0.470. The minimum absolute atomic E-state index is 0.180. The fourth-order valence-corrected chi connectivity index (χ4v) is 2.63. The number of ether oxygens (including phenoxy) is 2. The van der Waals surface area contributed by atoms with Crippen molar-refractivity contribution in [2.24, 2.45) is 0 Å². The fourth-order valence-electron chi connectivity index (χ4n) is 2.63. The van der Waals surface area contributed by atoms with E-state index in [1.54, 1.807) is 43.2 Å². The Hall–Kier alpha value is -3.28. The molecule has 0 saturated carbocycles. The van der Waals surface area contributed by atoms with Crippen molar-refractivity contribution >= 4 is 23.8 Å². The number of esters is 1. The van der Waals surface area contributed by atoms with Crippen molar-refractivity contribution in [3.63, 3.8) is 0 Å². The zero-order valence-electron chi connectivity index (χ0n) is 16.5. The molecule has 0 heterocycles. The van der Waals surface area contributed by atoms with E-state index in [-0.39, 0.29) is 19.2 Å². The number of carbonyl (C=O) groups excluding carboxylic acids is 2. The molecule has 0 bridgehead atoms. The van der Waals surface area contributed by atoms with E-state index in [9.17, 15) is 9.59 Å². The Morgan fingerprint density at radius 3 is 2.36 bits per heavy atom. The number of anilines is 1. The van der Waals surface area contributed by atoms with Crippen LogP contribution in [-0.2, 0) is 9.53 Å². The van der Waals surface area contributed by atoms with Crippen LogP contribution in [-0.4, -0.2) is 38.8 Å². The Bertz CT molecular complexity index is 801. The summed E-state index contributed by atoms with van der Waals surface area (Å²) in [6.45, 7) is 4.15. The molecule has 28 heavy (non-hydrogen) atoms. The van der Waals surface area contributed by atoms with Crippen LogP contribution in [0.4, 0.5) is 10.5 Å². The minimum Gasteiger partial charge on any atom is -0.497 e. The molecule has 148 valence electrons. The van der Waals surface area contributed by atoms with Crippen LogP contribution in [0.25, 0.3) is 6.08 Å². The van der Waals surface area contributed by atoms with Crippen LogP contribution < -0.4 is 15.0 Å². The van der Waals surface area contributed by atoms with Gasteiger partial charge >= 0.3 is 12.0 Å². The van der Waals surface area contributed by atoms with Crippen LogP contribution in [0.15, 0.2) is 60.2 Å². The normalized spacial score (nSPS) is 10.9. The van der Waals surface area contributed by atoms with E-state index in [1.165, 1.54) is 0 Å². The highest BCUT2D eigenvalue weighted by Gasteiger charge is 2.17. The maximum absolute atomic E-state index is 12.7. The maximum Gasteiger partial charge on any atom is 0.325 e. The predicted molar refractivity (Wildman–Crippen MR) is 110 cm³/mol. The van der Waals surface area contributed by atoms with Crippen LogP contribution >= 0.6 is 0 Å². The van der Waals surface area contributed by atoms with Crippen LogP contribution in [0, 0.1) is 0 Å². The van der Waals surface area contributed by atoms with E-state index in [4.69, 9.17) is 9.47 Å². The molecule has 2 amide bonds. The fraction of sp³-hybridized carbons (Fsp3) is 0.273. The highest BCUT2D eigenvalue weighted by atomic mass is 16.5. The molecule has 0 aliphatic heterocycles. The number of rotatable bonds is 8. The Kier molecular flexibility index (Phi) is 8.09. The first-order chi connectivity index (χ1) is 13.5. The summed E-state index contributed by atoms with van der Waals surface area (Å²) in [4.78, 5) is 25.9. The third-order valence-corrected chi connectivity index (χ3v) is 3.94. The van der Waals surface area contributed by atoms with Gasteiger partial charge in [-0.05, 0) is 43.7 Å². The first-order valence-corrected chi connectivity index (χ1v) is 9.10. The van der Waals surface area contributed by atoms with Gasteiger partial charge in [0.05, 0.1) is 13.7 Å². The first-order valence-electron chi connectivity index (χ1n) is 9.10. The molecule has 0 atom stereocenters. The Morgan fingerprint density at radius 2 is 1.75 bits per heavy atom. The van der Waals surface area contributed by atoms with Crippen molar-refractivity contribution in [1.29, 1.82) is 0 Å². The number of nitrogens with one attached hydrogen (secondary N) is 1. The second-order valence-electron chi connectivity index (χ2n) is 6.15. The number of benzene rings is 2. The molecule has 0 aliphatic carbocycles. The predicted octanol–water partition coefficient (Wildman–Crippen LogP) is 3.88. The zero-order chi connectivity index (χ0) is 20.4. The number of urea groups is 1. The van der Waals surface area contributed by atoms with E-state index in [0.29, 0.717) is 18.0 Å². The Balaban J connectivity index is 2.18. The highest BCUT2D eigenvalue weighted by Crippen LogP contribution is 2.21. The Labute approximate surface area is 165 Å². The number of hydrogen-bond acceptors (Lipinski definition) is 4. The topological polar surface area (TPSA) is 67.9 Å². The van der Waals surface area contributed by atoms with Gasteiger partial charge in [-0.15, -0.1) is 0 Å². The number of amides is 2.